The van der Waals surface area contributed by atoms with Gasteiger partial charge in [0, 0.05) is 10.7 Å². The van der Waals surface area contributed by atoms with Crippen molar-refractivity contribution in [2.24, 2.45) is 0 Å². The van der Waals surface area contributed by atoms with Crippen molar-refractivity contribution in [1.29, 1.82) is 0 Å². The zero-order valence-electron chi connectivity index (χ0n) is 12.3. The minimum atomic E-state index is -3.31. The van der Waals surface area contributed by atoms with Crippen LogP contribution in [0, 0.1) is 0 Å². The summed E-state index contributed by atoms with van der Waals surface area (Å²) in [4.78, 5) is 0. The fourth-order valence-electron chi connectivity index (χ4n) is 2.56. The van der Waals surface area contributed by atoms with Crippen LogP contribution in [0.25, 0.3) is 5.31 Å². The van der Waals surface area contributed by atoms with Crippen LogP contribution in [0.1, 0.15) is 12.0 Å². The van der Waals surface area contributed by atoms with Gasteiger partial charge in [-0.15, -0.1) is 0 Å². The Morgan fingerprint density at radius 2 is 2.00 bits per heavy atom. The Morgan fingerprint density at radius 1 is 1.27 bits per heavy atom. The largest absolute Gasteiger partial charge is 0.497 e. The maximum Gasteiger partial charge on any atom is 0.363 e. The highest BCUT2D eigenvalue weighted by atomic mass is 127. The zero-order valence-corrected chi connectivity index (χ0v) is 15.3. The van der Waals surface area contributed by atoms with Gasteiger partial charge in [-0.05, 0) is 52.3 Å². The van der Waals surface area contributed by atoms with Crippen LogP contribution in [0.2, 0.25) is 0 Å². The quantitative estimate of drug-likeness (QED) is 0.503. The summed E-state index contributed by atoms with van der Waals surface area (Å²) in [6.07, 6.45) is 6.59. The lowest BCUT2D eigenvalue weighted by atomic mass is 10.1. The molecule has 2 aliphatic rings. The van der Waals surface area contributed by atoms with Crippen molar-refractivity contribution in [1.82, 2.24) is 0 Å². The third-order valence-electron chi connectivity index (χ3n) is 3.71. The molecule has 1 heterocycles. The fourth-order valence-corrected chi connectivity index (χ4v) is 6.22. The molecule has 0 radical (unpaired) electrons. The number of benzene rings is 1. The van der Waals surface area contributed by atoms with Gasteiger partial charge in [-0.1, -0.05) is 30.4 Å². The van der Waals surface area contributed by atoms with Gasteiger partial charge in [0.15, 0.2) is 0 Å². The number of hydrogen-bond donors (Lipinski definition) is 0. The van der Waals surface area contributed by atoms with Crippen LogP contribution in [0.4, 0.5) is 0 Å². The van der Waals surface area contributed by atoms with Crippen LogP contribution in [-0.4, -0.2) is 20.3 Å². The van der Waals surface area contributed by atoms with E-state index in [1.807, 2.05) is 36.4 Å². The molecule has 0 bridgehead atoms. The Kier molecular flexibility index (Phi) is 4.59. The number of hydrogen-bond acceptors (Lipinski definition) is 4. The summed E-state index contributed by atoms with van der Waals surface area (Å²) in [5.74, 6) is 0.754. The van der Waals surface area contributed by atoms with Gasteiger partial charge < -0.3 is 9.26 Å². The van der Waals surface area contributed by atoms with E-state index >= 15 is 0 Å². The van der Waals surface area contributed by atoms with Crippen molar-refractivity contribution >= 4 is 35.5 Å². The summed E-state index contributed by atoms with van der Waals surface area (Å²) in [5, 5.41) is 0.649. The van der Waals surface area contributed by atoms with Crippen LogP contribution < -0.4 is 4.74 Å². The van der Waals surface area contributed by atoms with E-state index in [1.54, 1.807) is 7.11 Å². The van der Waals surface area contributed by atoms with Crippen molar-refractivity contribution in [2.75, 3.05) is 14.2 Å². The summed E-state index contributed by atoms with van der Waals surface area (Å²) >= 11 is 2.22. The first kappa shape index (κ1) is 16.0. The molecule has 0 saturated heterocycles. The molecule has 4 nitrogen and oxygen atoms in total. The molecule has 22 heavy (non-hydrogen) atoms. The van der Waals surface area contributed by atoms with E-state index in [4.69, 9.17) is 13.8 Å². The number of halogens is 1. The molecule has 2 unspecified atom stereocenters. The monoisotopic (exact) mass is 430 g/mol. The second-order valence-corrected chi connectivity index (χ2v) is 8.14. The van der Waals surface area contributed by atoms with Gasteiger partial charge in [0.25, 0.3) is 0 Å². The van der Waals surface area contributed by atoms with E-state index in [1.165, 1.54) is 7.11 Å². The molecular weight excluding hydrogens is 414 g/mol. The second-order valence-electron chi connectivity index (χ2n) is 4.96. The number of allylic oxidation sites excluding steroid dienone is 3. The summed E-state index contributed by atoms with van der Waals surface area (Å²) in [6, 6.07) is 7.45. The van der Waals surface area contributed by atoms with E-state index < -0.39 is 7.60 Å². The van der Waals surface area contributed by atoms with Gasteiger partial charge in [0.1, 0.15) is 11.9 Å². The van der Waals surface area contributed by atoms with Crippen molar-refractivity contribution in [3.8, 4) is 5.75 Å². The van der Waals surface area contributed by atoms with Gasteiger partial charge in [-0.2, -0.15) is 0 Å². The Balaban J connectivity index is 2.05. The standard InChI is InChI=1S/C16H16IO4P/c1-19-13-9-7-12(8-10-13)16-14(17)15(11-5-3-4-6-11)21-22(16,18)20-2/h3-5,7-10,15H,6H2,1-2H3. The number of ether oxygens (including phenoxy) is 1. The number of methoxy groups -OCH3 is 1. The molecule has 0 aromatic heterocycles. The van der Waals surface area contributed by atoms with E-state index in [2.05, 4.69) is 28.7 Å². The Morgan fingerprint density at radius 3 is 2.55 bits per heavy atom. The Bertz CT molecular complexity index is 718. The molecule has 0 fully saturated rings. The molecule has 0 spiro atoms. The lowest BCUT2D eigenvalue weighted by Crippen LogP contribution is -2.08. The molecule has 1 aromatic rings. The SMILES string of the molecule is COc1ccc(C2=C(I)C(C3=CC=CC3)OP2(=O)OC)cc1. The molecule has 0 saturated carbocycles. The highest BCUT2D eigenvalue weighted by Crippen LogP contribution is 2.69. The summed E-state index contributed by atoms with van der Waals surface area (Å²) in [5.41, 5.74) is 1.94. The third kappa shape index (κ3) is 2.71. The lowest BCUT2D eigenvalue weighted by Gasteiger charge is -2.16. The molecule has 1 aromatic carbocycles. The van der Waals surface area contributed by atoms with Crippen molar-refractivity contribution in [3.05, 3.63) is 57.2 Å². The highest BCUT2D eigenvalue weighted by Gasteiger charge is 2.45. The Labute approximate surface area is 143 Å². The normalized spacial score (nSPS) is 27.4. The van der Waals surface area contributed by atoms with E-state index in [9.17, 15) is 4.57 Å². The zero-order chi connectivity index (χ0) is 15.7. The van der Waals surface area contributed by atoms with Gasteiger partial charge in [-0.3, -0.25) is 9.09 Å². The predicted octanol–water partition coefficient (Wildman–Crippen LogP) is 4.92. The minimum absolute atomic E-state index is 0.293. The van der Waals surface area contributed by atoms with Gasteiger partial charge >= 0.3 is 7.60 Å². The second kappa shape index (κ2) is 6.32. The maximum absolute atomic E-state index is 13.1. The summed E-state index contributed by atoms with van der Waals surface area (Å²) < 4.78 is 30.3. The van der Waals surface area contributed by atoms with Crippen LogP contribution in [0.5, 0.6) is 5.75 Å². The summed E-state index contributed by atoms with van der Waals surface area (Å²) in [6.45, 7) is 0. The van der Waals surface area contributed by atoms with Crippen molar-refractivity contribution in [3.63, 3.8) is 0 Å². The average molecular weight is 430 g/mol. The van der Waals surface area contributed by atoms with E-state index in [0.717, 1.165) is 26.9 Å². The van der Waals surface area contributed by atoms with Crippen LogP contribution >= 0.6 is 30.2 Å². The first-order valence-electron chi connectivity index (χ1n) is 6.83. The third-order valence-corrected chi connectivity index (χ3v) is 7.26. The van der Waals surface area contributed by atoms with Crippen LogP contribution in [-0.2, 0) is 13.6 Å². The smallest absolute Gasteiger partial charge is 0.363 e. The van der Waals surface area contributed by atoms with Gasteiger partial charge in [0.2, 0.25) is 0 Å². The number of rotatable bonds is 4. The Hall–Kier alpha value is -0.880. The summed E-state index contributed by atoms with van der Waals surface area (Å²) in [7, 11) is -0.263. The van der Waals surface area contributed by atoms with E-state index in [0.29, 0.717) is 5.31 Å². The van der Waals surface area contributed by atoms with Gasteiger partial charge in [0.05, 0.1) is 12.4 Å². The first-order valence-corrected chi connectivity index (χ1v) is 9.45. The topological polar surface area (TPSA) is 44.8 Å². The maximum atomic E-state index is 13.1. The predicted molar refractivity (Wildman–Crippen MR) is 95.3 cm³/mol. The molecule has 6 heteroatoms. The molecule has 0 N–H and O–H groups in total. The first-order chi connectivity index (χ1) is 10.6. The molecule has 3 rings (SSSR count). The molecule has 1 aliphatic carbocycles. The molecule has 1 aliphatic heterocycles. The van der Waals surface area contributed by atoms with Gasteiger partial charge in [-0.25, -0.2) is 0 Å². The molecule has 116 valence electrons. The molecular formula is C16H16IO4P. The van der Waals surface area contributed by atoms with Crippen LogP contribution in [0.3, 0.4) is 0 Å². The molecule has 2 atom stereocenters. The van der Waals surface area contributed by atoms with Crippen LogP contribution in [0.15, 0.2) is 51.6 Å². The van der Waals surface area contributed by atoms with E-state index in [-0.39, 0.29) is 6.10 Å². The highest BCUT2D eigenvalue weighted by molar-refractivity contribution is 14.1. The average Bonchev–Trinajstić information content (AvgIpc) is 3.15. The minimum Gasteiger partial charge on any atom is -0.497 e. The molecule has 0 amide bonds. The van der Waals surface area contributed by atoms with Crippen molar-refractivity contribution in [2.45, 2.75) is 12.5 Å². The van der Waals surface area contributed by atoms with Crippen molar-refractivity contribution < 1.29 is 18.3 Å². The fraction of sp³-hybridized carbons (Fsp3) is 0.250. The lowest BCUT2D eigenvalue weighted by molar-refractivity contribution is 0.231.